The number of aliphatic imine (C=N–C) groups is 1. The van der Waals surface area contributed by atoms with Crippen LogP contribution >= 0.6 is 0 Å². The van der Waals surface area contributed by atoms with Crippen molar-refractivity contribution >= 4 is 11.9 Å². The van der Waals surface area contributed by atoms with Crippen molar-refractivity contribution < 1.29 is 9.53 Å². The number of para-hydroxylation sites is 1. The lowest BCUT2D eigenvalue weighted by molar-refractivity contribution is -0.128. The average Bonchev–Trinajstić information content (AvgIpc) is 2.84. The van der Waals surface area contributed by atoms with Crippen LogP contribution in [0.15, 0.2) is 77.9 Å². The Bertz CT molecular complexity index is 1050. The van der Waals surface area contributed by atoms with Crippen LogP contribution in [0.25, 0.3) is 0 Å². The van der Waals surface area contributed by atoms with E-state index < -0.39 is 0 Å². The molecule has 7 heteroatoms. The van der Waals surface area contributed by atoms with E-state index in [9.17, 15) is 4.79 Å². The molecule has 0 aliphatic carbocycles. The van der Waals surface area contributed by atoms with Crippen molar-refractivity contribution in [1.29, 1.82) is 0 Å². The van der Waals surface area contributed by atoms with Gasteiger partial charge < -0.3 is 20.3 Å². The Morgan fingerprint density at radius 1 is 1.06 bits per heavy atom. The number of pyridine rings is 1. The van der Waals surface area contributed by atoms with Gasteiger partial charge in [0.25, 0.3) is 0 Å². The third-order valence-electron chi connectivity index (χ3n) is 5.13. The molecule has 7 nitrogen and oxygen atoms in total. The molecule has 0 radical (unpaired) electrons. The fraction of sp³-hybridized carbons (Fsp3) is 0.269. The van der Waals surface area contributed by atoms with Gasteiger partial charge in [0, 0.05) is 51.1 Å². The normalized spacial score (nSPS) is 11.1. The van der Waals surface area contributed by atoms with Gasteiger partial charge in [0.15, 0.2) is 5.96 Å². The van der Waals surface area contributed by atoms with Crippen LogP contribution in [0.4, 0.5) is 0 Å². The summed E-state index contributed by atoms with van der Waals surface area (Å²) in [6, 6.07) is 21.6. The molecule has 0 fully saturated rings. The van der Waals surface area contributed by atoms with Crippen LogP contribution in [0.2, 0.25) is 0 Å². The summed E-state index contributed by atoms with van der Waals surface area (Å²) in [7, 11) is 3.48. The van der Waals surface area contributed by atoms with Gasteiger partial charge in [-0.15, -0.1) is 0 Å². The Balaban J connectivity index is 1.50. The van der Waals surface area contributed by atoms with Crippen molar-refractivity contribution in [2.45, 2.75) is 19.9 Å². The maximum absolute atomic E-state index is 12.5. The van der Waals surface area contributed by atoms with Crippen molar-refractivity contribution in [2.24, 2.45) is 4.99 Å². The predicted octanol–water partition coefficient (Wildman–Crippen LogP) is 3.55. The summed E-state index contributed by atoms with van der Waals surface area (Å²) >= 11 is 0. The number of carbonyl (C=O) groups is 1. The van der Waals surface area contributed by atoms with Crippen molar-refractivity contribution in [2.75, 3.05) is 27.2 Å². The number of rotatable bonds is 9. The lowest BCUT2D eigenvalue weighted by Gasteiger charge is -2.19. The molecule has 0 aliphatic rings. The van der Waals surface area contributed by atoms with E-state index in [2.05, 4.69) is 20.6 Å². The molecule has 3 rings (SSSR count). The number of benzene rings is 2. The number of hydrogen-bond acceptors (Lipinski definition) is 4. The van der Waals surface area contributed by atoms with E-state index in [4.69, 9.17) is 4.74 Å². The van der Waals surface area contributed by atoms with Crippen molar-refractivity contribution in [3.63, 3.8) is 0 Å². The molecule has 1 aromatic heterocycles. The second kappa shape index (κ2) is 12.2. The largest absolute Gasteiger partial charge is 0.457 e. The minimum atomic E-state index is -0.0164. The lowest BCUT2D eigenvalue weighted by atomic mass is 10.1. The van der Waals surface area contributed by atoms with E-state index in [1.807, 2.05) is 73.7 Å². The van der Waals surface area contributed by atoms with Gasteiger partial charge in [-0.1, -0.05) is 36.4 Å². The van der Waals surface area contributed by atoms with Crippen LogP contribution in [0.1, 0.15) is 16.8 Å². The molecule has 0 bridgehead atoms. The molecule has 0 saturated carbocycles. The van der Waals surface area contributed by atoms with E-state index in [-0.39, 0.29) is 12.5 Å². The van der Waals surface area contributed by atoms with Crippen LogP contribution in [0, 0.1) is 6.92 Å². The number of amides is 1. The lowest BCUT2D eigenvalue weighted by Crippen LogP contribution is -2.43. The second-order valence-electron chi connectivity index (χ2n) is 7.69. The van der Waals surface area contributed by atoms with Crippen molar-refractivity contribution in [3.8, 4) is 11.5 Å². The van der Waals surface area contributed by atoms with E-state index >= 15 is 0 Å². The number of ether oxygens (including phenoxy) is 1. The molecule has 0 unspecified atom stereocenters. The first kappa shape index (κ1) is 23.8. The molecular weight excluding hydrogens is 414 g/mol. The molecule has 2 aromatic carbocycles. The van der Waals surface area contributed by atoms with Crippen LogP contribution < -0.4 is 15.4 Å². The van der Waals surface area contributed by atoms with Gasteiger partial charge >= 0.3 is 0 Å². The quantitative estimate of drug-likeness (QED) is 0.389. The average molecular weight is 446 g/mol. The Kier molecular flexibility index (Phi) is 8.82. The van der Waals surface area contributed by atoms with Gasteiger partial charge in [0.05, 0.1) is 6.54 Å². The number of likely N-dealkylation sites (N-methyl/N-ethyl adjacent to an activating group) is 1. The van der Waals surface area contributed by atoms with Gasteiger partial charge in [-0.2, -0.15) is 0 Å². The van der Waals surface area contributed by atoms with Crippen molar-refractivity contribution in [3.05, 3.63) is 89.7 Å². The van der Waals surface area contributed by atoms with E-state index in [1.165, 1.54) is 0 Å². The fourth-order valence-electron chi connectivity index (χ4n) is 3.17. The summed E-state index contributed by atoms with van der Waals surface area (Å²) in [5.41, 5.74) is 3.08. The minimum absolute atomic E-state index is 0.0164. The van der Waals surface area contributed by atoms with Crippen LogP contribution in [-0.4, -0.2) is 48.9 Å². The monoisotopic (exact) mass is 445 g/mol. The highest BCUT2D eigenvalue weighted by atomic mass is 16.5. The number of guanidine groups is 1. The molecule has 3 aromatic rings. The Hall–Kier alpha value is -3.87. The number of carbonyl (C=O) groups excluding carboxylic acids is 1. The van der Waals surface area contributed by atoms with Crippen LogP contribution in [0.5, 0.6) is 11.5 Å². The van der Waals surface area contributed by atoms with Crippen LogP contribution in [-0.2, 0) is 17.8 Å². The number of nitrogens with one attached hydrogen (secondary N) is 2. The van der Waals surface area contributed by atoms with Gasteiger partial charge in [-0.25, -0.2) is 0 Å². The molecular formula is C26H31N5O2. The highest BCUT2D eigenvalue weighted by molar-refractivity contribution is 5.86. The zero-order valence-electron chi connectivity index (χ0n) is 19.4. The molecule has 0 saturated heterocycles. The molecule has 172 valence electrons. The highest BCUT2D eigenvalue weighted by Crippen LogP contribution is 2.26. The Morgan fingerprint density at radius 2 is 1.85 bits per heavy atom. The zero-order valence-corrected chi connectivity index (χ0v) is 19.4. The van der Waals surface area contributed by atoms with Gasteiger partial charge in [-0.05, 0) is 42.8 Å². The Labute approximate surface area is 195 Å². The first-order valence-electron chi connectivity index (χ1n) is 11.0. The first-order chi connectivity index (χ1) is 16.0. The highest BCUT2D eigenvalue weighted by Gasteiger charge is 2.11. The van der Waals surface area contributed by atoms with Gasteiger partial charge in [-0.3, -0.25) is 14.8 Å². The second-order valence-corrected chi connectivity index (χ2v) is 7.69. The van der Waals surface area contributed by atoms with E-state index in [1.54, 1.807) is 25.2 Å². The summed E-state index contributed by atoms with van der Waals surface area (Å²) in [4.78, 5) is 22.7. The fourth-order valence-corrected chi connectivity index (χ4v) is 3.17. The topological polar surface area (TPSA) is 78.9 Å². The summed E-state index contributed by atoms with van der Waals surface area (Å²) < 4.78 is 6.08. The summed E-state index contributed by atoms with van der Waals surface area (Å²) in [6.45, 7) is 3.30. The van der Waals surface area contributed by atoms with Gasteiger partial charge in [0.2, 0.25) is 5.91 Å². The summed E-state index contributed by atoms with van der Waals surface area (Å²) in [6.07, 6.45) is 2.48. The maximum Gasteiger partial charge on any atom is 0.241 e. The smallest absolute Gasteiger partial charge is 0.241 e. The molecule has 0 spiro atoms. The van der Waals surface area contributed by atoms with Crippen LogP contribution in [0.3, 0.4) is 0 Å². The van der Waals surface area contributed by atoms with Gasteiger partial charge in [0.1, 0.15) is 11.5 Å². The summed E-state index contributed by atoms with van der Waals surface area (Å²) in [5.74, 6) is 2.10. The first-order valence-corrected chi connectivity index (χ1v) is 11.0. The zero-order chi connectivity index (χ0) is 23.5. The SMILES string of the molecule is CN=C(NCC(=O)N(C)CCc1ccccn1)NCc1ccc(C)cc1Oc1ccccc1. The molecule has 1 heterocycles. The molecule has 2 N–H and O–H groups in total. The van der Waals surface area contributed by atoms with Crippen molar-refractivity contribution in [1.82, 2.24) is 20.5 Å². The number of hydrogen-bond donors (Lipinski definition) is 2. The maximum atomic E-state index is 12.5. The molecule has 33 heavy (non-hydrogen) atoms. The third kappa shape index (κ3) is 7.64. The molecule has 0 atom stereocenters. The Morgan fingerprint density at radius 3 is 2.58 bits per heavy atom. The standard InChI is InChI=1S/C26H31N5O2/c1-20-12-13-21(24(17-20)33-23-10-5-4-6-11-23)18-29-26(27-2)30-19-25(32)31(3)16-14-22-9-7-8-15-28-22/h4-13,15,17H,14,16,18-19H2,1-3H3,(H2,27,29,30). The number of aromatic nitrogens is 1. The van der Waals surface area contributed by atoms with E-state index in [0.717, 1.165) is 28.3 Å². The molecule has 0 aliphatic heterocycles. The summed E-state index contributed by atoms with van der Waals surface area (Å²) in [5, 5.41) is 6.35. The number of aryl methyl sites for hydroxylation is 1. The predicted molar refractivity (Wildman–Crippen MR) is 131 cm³/mol. The number of nitrogens with zero attached hydrogens (tertiary/aromatic N) is 3. The third-order valence-corrected chi connectivity index (χ3v) is 5.13. The van der Waals surface area contributed by atoms with E-state index in [0.29, 0.717) is 25.5 Å². The molecule has 1 amide bonds. The minimum Gasteiger partial charge on any atom is -0.457 e.